The summed E-state index contributed by atoms with van der Waals surface area (Å²) in [4.78, 5) is 26.5. The van der Waals surface area contributed by atoms with Crippen LogP contribution in [0.25, 0.3) is 5.03 Å². The van der Waals surface area contributed by atoms with Gasteiger partial charge in [0.15, 0.2) is 0 Å². The van der Waals surface area contributed by atoms with Gasteiger partial charge in [-0.3, -0.25) is 14.6 Å². The van der Waals surface area contributed by atoms with Gasteiger partial charge in [0.1, 0.15) is 5.03 Å². The second-order valence-corrected chi connectivity index (χ2v) is 3.44. The van der Waals surface area contributed by atoms with Crippen molar-refractivity contribution in [2.24, 2.45) is 0 Å². The molecule has 5 heteroatoms. The number of aromatic nitrogens is 1. The summed E-state index contributed by atoms with van der Waals surface area (Å²) in [6.45, 7) is 0. The average Bonchev–Trinajstić information content (AvgIpc) is 2.23. The van der Waals surface area contributed by atoms with Gasteiger partial charge in [-0.15, -0.1) is 0 Å². The number of carbonyl (C=O) groups excluding carboxylic acids is 2. The Morgan fingerprint density at radius 3 is 2.50 bits per heavy atom. The predicted octanol–water partition coefficient (Wildman–Crippen LogP) is 1.99. The van der Waals surface area contributed by atoms with Crippen molar-refractivity contribution in [1.82, 2.24) is 4.98 Å². The van der Waals surface area contributed by atoms with Crippen molar-refractivity contribution in [2.75, 3.05) is 0 Å². The molecule has 0 saturated carbocycles. The van der Waals surface area contributed by atoms with E-state index in [1.165, 1.54) is 12.3 Å². The topological polar surface area (TPSA) is 47.0 Å². The lowest BCUT2D eigenvalue weighted by molar-refractivity contribution is -0.111. The quantitative estimate of drug-likeness (QED) is 0.638. The molecule has 1 aliphatic carbocycles. The molecule has 0 spiro atoms. The fourth-order valence-electron chi connectivity index (χ4n) is 1.19. The van der Waals surface area contributed by atoms with E-state index in [0.29, 0.717) is 0 Å². The number of hydrogen-bond donors (Lipinski definition) is 0. The first-order chi connectivity index (χ1) is 6.63. The third-order valence-electron chi connectivity index (χ3n) is 1.86. The maximum absolute atomic E-state index is 11.4. The van der Waals surface area contributed by atoms with E-state index in [-0.39, 0.29) is 21.3 Å². The van der Waals surface area contributed by atoms with E-state index in [9.17, 15) is 9.59 Å². The zero-order valence-electron chi connectivity index (χ0n) is 6.75. The summed E-state index contributed by atoms with van der Waals surface area (Å²) in [5, 5.41) is -0.227. The highest BCUT2D eigenvalue weighted by molar-refractivity contribution is 6.70. The summed E-state index contributed by atoms with van der Waals surface area (Å²) in [7, 11) is 0. The number of halogens is 2. The molecule has 0 aromatic carbocycles. The highest BCUT2D eigenvalue weighted by Crippen LogP contribution is 2.32. The Bertz CT molecular complexity index is 479. The average molecular weight is 228 g/mol. The van der Waals surface area contributed by atoms with E-state index in [1.807, 2.05) is 0 Å². The van der Waals surface area contributed by atoms with Crippen LogP contribution in [0.5, 0.6) is 0 Å². The minimum absolute atomic E-state index is 0.0341. The molecule has 0 bridgehead atoms. The van der Waals surface area contributed by atoms with Crippen LogP contribution in [-0.2, 0) is 4.79 Å². The Morgan fingerprint density at radius 2 is 1.79 bits per heavy atom. The maximum atomic E-state index is 11.4. The van der Waals surface area contributed by atoms with Crippen molar-refractivity contribution >= 4 is 39.8 Å². The standard InChI is InChI=1S/C9H3Cl2NO2/c10-5-6(11)9(14)8(13)4-2-1-3-12-7(4)5/h1-3H. The lowest BCUT2D eigenvalue weighted by Gasteiger charge is -2.11. The minimum Gasteiger partial charge on any atom is -0.285 e. The van der Waals surface area contributed by atoms with Crippen LogP contribution in [0.2, 0.25) is 0 Å². The summed E-state index contributed by atoms with van der Waals surface area (Å²) in [6, 6.07) is 3.06. The van der Waals surface area contributed by atoms with Crippen molar-refractivity contribution in [1.29, 1.82) is 0 Å². The molecule has 70 valence electrons. The fourth-order valence-corrected chi connectivity index (χ4v) is 1.60. The van der Waals surface area contributed by atoms with Crippen LogP contribution in [-0.4, -0.2) is 16.6 Å². The molecule has 0 unspecified atom stereocenters. The lowest BCUT2D eigenvalue weighted by Crippen LogP contribution is -2.21. The van der Waals surface area contributed by atoms with Crippen molar-refractivity contribution < 1.29 is 9.59 Å². The van der Waals surface area contributed by atoms with Crippen molar-refractivity contribution in [3.05, 3.63) is 34.6 Å². The number of ketones is 2. The van der Waals surface area contributed by atoms with Crippen molar-refractivity contribution in [2.45, 2.75) is 0 Å². The molecule has 0 amide bonds. The van der Waals surface area contributed by atoms with Gasteiger partial charge in [0.2, 0.25) is 11.6 Å². The molecule has 3 nitrogen and oxygen atoms in total. The summed E-state index contributed by atoms with van der Waals surface area (Å²) in [5.41, 5.74) is 0.468. The molecular formula is C9H3Cl2NO2. The van der Waals surface area contributed by atoms with Gasteiger partial charge < -0.3 is 0 Å². The normalized spacial score (nSPS) is 15.9. The monoisotopic (exact) mass is 227 g/mol. The van der Waals surface area contributed by atoms with E-state index in [0.717, 1.165) is 0 Å². The Morgan fingerprint density at radius 1 is 1.07 bits per heavy atom. The number of hydrogen-bond acceptors (Lipinski definition) is 3. The molecule has 1 aliphatic rings. The zero-order valence-corrected chi connectivity index (χ0v) is 8.26. The molecule has 1 aromatic heterocycles. The summed E-state index contributed by atoms with van der Waals surface area (Å²) in [5.74, 6) is -1.44. The Kier molecular flexibility index (Phi) is 2.13. The van der Waals surface area contributed by atoms with Gasteiger partial charge in [-0.05, 0) is 12.1 Å². The third-order valence-corrected chi connectivity index (χ3v) is 2.68. The highest BCUT2D eigenvalue weighted by atomic mass is 35.5. The van der Waals surface area contributed by atoms with Crippen LogP contribution in [0.3, 0.4) is 0 Å². The second kappa shape index (κ2) is 3.19. The number of Topliss-reactive ketones (excluding diaryl/α,β-unsaturated/α-hetero) is 2. The molecular weight excluding hydrogens is 225 g/mol. The Hall–Kier alpha value is -1.19. The predicted molar refractivity (Wildman–Crippen MR) is 52.2 cm³/mol. The van der Waals surface area contributed by atoms with Crippen molar-refractivity contribution in [3.8, 4) is 0 Å². The zero-order chi connectivity index (χ0) is 10.3. The second-order valence-electron chi connectivity index (χ2n) is 2.69. The number of nitrogens with zero attached hydrogens (tertiary/aromatic N) is 1. The smallest absolute Gasteiger partial charge is 0.246 e. The highest BCUT2D eigenvalue weighted by Gasteiger charge is 2.31. The van der Waals surface area contributed by atoms with Gasteiger partial charge in [0.25, 0.3) is 0 Å². The van der Waals surface area contributed by atoms with E-state index in [2.05, 4.69) is 4.98 Å². The first-order valence-corrected chi connectivity index (χ1v) is 4.48. The van der Waals surface area contributed by atoms with Crippen LogP contribution >= 0.6 is 23.2 Å². The first-order valence-electron chi connectivity index (χ1n) is 3.72. The fraction of sp³-hybridized carbons (Fsp3) is 0. The van der Waals surface area contributed by atoms with E-state index in [1.54, 1.807) is 6.07 Å². The van der Waals surface area contributed by atoms with Crippen molar-refractivity contribution in [3.63, 3.8) is 0 Å². The number of carbonyl (C=O) groups is 2. The molecule has 0 N–H and O–H groups in total. The molecule has 0 fully saturated rings. The van der Waals surface area contributed by atoms with Crippen LogP contribution < -0.4 is 0 Å². The van der Waals surface area contributed by atoms with E-state index >= 15 is 0 Å². The molecule has 14 heavy (non-hydrogen) atoms. The molecule has 2 rings (SSSR count). The number of allylic oxidation sites excluding steroid dienone is 1. The molecule has 0 saturated heterocycles. The third kappa shape index (κ3) is 1.17. The molecule has 0 radical (unpaired) electrons. The Balaban J connectivity index is 2.78. The van der Waals surface area contributed by atoms with Gasteiger partial charge in [-0.1, -0.05) is 23.2 Å². The van der Waals surface area contributed by atoms with E-state index in [4.69, 9.17) is 23.2 Å². The maximum Gasteiger partial charge on any atom is 0.246 e. The molecule has 0 atom stereocenters. The number of fused-ring (bicyclic) bond motifs is 1. The van der Waals surface area contributed by atoms with Crippen LogP contribution in [0.1, 0.15) is 16.1 Å². The summed E-state index contributed by atoms with van der Waals surface area (Å²) >= 11 is 11.3. The Labute approximate surface area is 89.3 Å². The van der Waals surface area contributed by atoms with Crippen LogP contribution in [0.15, 0.2) is 23.4 Å². The molecule has 1 aromatic rings. The minimum atomic E-state index is -0.780. The number of rotatable bonds is 0. The SMILES string of the molecule is O=C1C(=O)c2cccnc2C(Cl)=C1Cl. The molecule has 1 heterocycles. The largest absolute Gasteiger partial charge is 0.285 e. The molecule has 0 aliphatic heterocycles. The van der Waals surface area contributed by atoms with Gasteiger partial charge in [0.05, 0.1) is 16.3 Å². The summed E-state index contributed by atoms with van der Waals surface area (Å²) < 4.78 is 0. The summed E-state index contributed by atoms with van der Waals surface area (Å²) in [6.07, 6.45) is 1.48. The van der Waals surface area contributed by atoms with Crippen LogP contribution in [0, 0.1) is 0 Å². The van der Waals surface area contributed by atoms with Gasteiger partial charge in [-0.25, -0.2) is 0 Å². The first kappa shape index (κ1) is 9.37. The van der Waals surface area contributed by atoms with Crippen LogP contribution in [0.4, 0.5) is 0 Å². The van der Waals surface area contributed by atoms with Gasteiger partial charge in [-0.2, -0.15) is 0 Å². The van der Waals surface area contributed by atoms with Gasteiger partial charge >= 0.3 is 0 Å². The lowest BCUT2D eigenvalue weighted by atomic mass is 9.99. The number of pyridine rings is 1. The van der Waals surface area contributed by atoms with Gasteiger partial charge in [0, 0.05) is 6.20 Å². The van der Waals surface area contributed by atoms with E-state index < -0.39 is 11.6 Å².